The summed E-state index contributed by atoms with van der Waals surface area (Å²) in [6.45, 7) is 2.49. The van der Waals surface area contributed by atoms with Gasteiger partial charge in [0.05, 0.1) is 17.2 Å². The highest BCUT2D eigenvalue weighted by atomic mass is 19.4. The highest BCUT2D eigenvalue weighted by molar-refractivity contribution is 5.92. The Kier molecular flexibility index (Phi) is 8.98. The van der Waals surface area contributed by atoms with Crippen LogP contribution < -0.4 is 4.90 Å². The molecule has 4 amide bonds. The maximum absolute atomic E-state index is 13.7. The quantitative estimate of drug-likeness (QED) is 0.420. The molecular weight excluding hydrogens is 585 g/mol. The molecule has 14 heteroatoms. The van der Waals surface area contributed by atoms with Crippen LogP contribution in [0.3, 0.4) is 0 Å². The molecule has 2 aliphatic rings. The Morgan fingerprint density at radius 2 is 1.35 bits per heavy atom. The number of likely N-dealkylation sites (N-methyl/N-ethyl adjacent to an activating group) is 1. The second-order valence-electron chi connectivity index (χ2n) is 11.0. The number of hydrogen-bond acceptors (Lipinski definition) is 3. The molecule has 0 N–H and O–H groups in total. The highest BCUT2D eigenvalue weighted by Crippen LogP contribution is 2.39. The molecule has 2 atom stereocenters. The van der Waals surface area contributed by atoms with E-state index in [9.17, 15) is 45.1 Å². The molecule has 234 valence electrons. The van der Waals surface area contributed by atoms with Gasteiger partial charge in [0.1, 0.15) is 5.82 Å². The minimum absolute atomic E-state index is 0.0164. The van der Waals surface area contributed by atoms with Crippen molar-refractivity contribution in [1.29, 1.82) is 0 Å². The first kappa shape index (κ1) is 32.1. The lowest BCUT2D eigenvalue weighted by atomic mass is 9.93. The molecule has 0 aliphatic carbocycles. The van der Waals surface area contributed by atoms with E-state index in [-0.39, 0.29) is 36.9 Å². The van der Waals surface area contributed by atoms with E-state index in [1.807, 2.05) is 0 Å². The molecule has 0 radical (unpaired) electrons. The second kappa shape index (κ2) is 12.0. The number of piperidine rings is 1. The molecule has 0 spiro atoms. The zero-order valence-corrected chi connectivity index (χ0v) is 23.7. The monoisotopic (exact) mass is 616 g/mol. The molecule has 43 heavy (non-hydrogen) atoms. The van der Waals surface area contributed by atoms with Gasteiger partial charge in [-0.1, -0.05) is 12.1 Å². The van der Waals surface area contributed by atoms with Crippen molar-refractivity contribution in [3.05, 3.63) is 65.0 Å². The third kappa shape index (κ3) is 7.04. The lowest BCUT2D eigenvalue weighted by Crippen LogP contribution is -2.48. The van der Waals surface area contributed by atoms with Crippen molar-refractivity contribution in [2.45, 2.75) is 44.1 Å². The Bertz CT molecular complexity index is 1320. The number of halogens is 7. The Labute approximate surface area is 243 Å². The standard InChI is InChI=1S/C29H31F7N4O3/c1-17(41)39-10-8-19(9-11-39)26(42)40-15-24(18-4-6-22(30)7-5-18)25(16-40)38(3)27(43)37(2)23-13-20(28(31,32)33)12-21(14-23)29(34,35)36/h4-7,12-14,19,24-25H,8-11,15-16H2,1-3H3. The van der Waals surface area contributed by atoms with Gasteiger partial charge in [0.25, 0.3) is 0 Å². The van der Waals surface area contributed by atoms with Crippen LogP contribution in [-0.4, -0.2) is 78.9 Å². The largest absolute Gasteiger partial charge is 0.416 e. The third-order valence-electron chi connectivity index (χ3n) is 8.23. The smallest absolute Gasteiger partial charge is 0.343 e. The number of rotatable bonds is 4. The number of benzene rings is 2. The first-order valence-corrected chi connectivity index (χ1v) is 13.6. The first-order valence-electron chi connectivity index (χ1n) is 13.6. The number of hydrogen-bond donors (Lipinski definition) is 0. The Balaban J connectivity index is 1.61. The van der Waals surface area contributed by atoms with Crippen LogP contribution in [0.2, 0.25) is 0 Å². The summed E-state index contributed by atoms with van der Waals surface area (Å²) in [5.41, 5.74) is -3.12. The minimum Gasteiger partial charge on any atom is -0.343 e. The number of carbonyl (C=O) groups is 3. The van der Waals surface area contributed by atoms with Gasteiger partial charge >= 0.3 is 18.4 Å². The summed E-state index contributed by atoms with van der Waals surface area (Å²) in [5.74, 6) is -1.65. The van der Waals surface area contributed by atoms with Crippen molar-refractivity contribution in [2.24, 2.45) is 5.92 Å². The average molecular weight is 617 g/mol. The number of amides is 4. The lowest BCUT2D eigenvalue weighted by molar-refractivity contribution is -0.143. The Hall–Kier alpha value is -3.84. The van der Waals surface area contributed by atoms with Crippen LogP contribution >= 0.6 is 0 Å². The van der Waals surface area contributed by atoms with Gasteiger partial charge < -0.3 is 14.7 Å². The molecule has 2 saturated heterocycles. The number of nitrogens with zero attached hydrogens (tertiary/aromatic N) is 4. The molecule has 0 saturated carbocycles. The average Bonchev–Trinajstić information content (AvgIpc) is 3.40. The van der Waals surface area contributed by atoms with Crippen molar-refractivity contribution >= 4 is 23.5 Å². The summed E-state index contributed by atoms with van der Waals surface area (Å²) in [6, 6.07) is 4.77. The van der Waals surface area contributed by atoms with Crippen LogP contribution in [0, 0.1) is 11.7 Å². The van der Waals surface area contributed by atoms with E-state index in [2.05, 4.69) is 0 Å². The number of anilines is 1. The van der Waals surface area contributed by atoms with Gasteiger partial charge in [-0.2, -0.15) is 26.3 Å². The van der Waals surface area contributed by atoms with Gasteiger partial charge in [-0.25, -0.2) is 9.18 Å². The van der Waals surface area contributed by atoms with Gasteiger partial charge in [-0.15, -0.1) is 0 Å². The fourth-order valence-electron chi connectivity index (χ4n) is 5.72. The van der Waals surface area contributed by atoms with Crippen molar-refractivity contribution < 1.29 is 45.1 Å². The number of likely N-dealkylation sites (tertiary alicyclic amines) is 2. The molecule has 2 aromatic rings. The number of urea groups is 1. The molecule has 2 aliphatic heterocycles. The van der Waals surface area contributed by atoms with Crippen molar-refractivity contribution in [3.63, 3.8) is 0 Å². The molecule has 2 fully saturated rings. The molecule has 0 aromatic heterocycles. The first-order chi connectivity index (χ1) is 20.0. The molecular formula is C29H31F7N4O3. The predicted molar refractivity (Wildman–Crippen MR) is 142 cm³/mol. The molecule has 2 aromatic carbocycles. The minimum atomic E-state index is -5.09. The van der Waals surface area contributed by atoms with E-state index in [0.717, 1.165) is 7.05 Å². The zero-order valence-electron chi connectivity index (χ0n) is 23.7. The summed E-state index contributed by atoms with van der Waals surface area (Å²) in [6.07, 6.45) is -9.27. The highest BCUT2D eigenvalue weighted by Gasteiger charge is 2.43. The maximum atomic E-state index is 13.7. The van der Waals surface area contributed by atoms with Crippen LogP contribution in [0.1, 0.15) is 42.4 Å². The molecule has 2 heterocycles. The summed E-state index contributed by atoms with van der Waals surface area (Å²) < 4.78 is 94.3. The van der Waals surface area contributed by atoms with Gasteiger partial charge in [0, 0.05) is 64.7 Å². The van der Waals surface area contributed by atoms with Crippen LogP contribution in [0.5, 0.6) is 0 Å². The Morgan fingerprint density at radius 1 is 0.814 bits per heavy atom. The Morgan fingerprint density at radius 3 is 1.84 bits per heavy atom. The fourth-order valence-corrected chi connectivity index (χ4v) is 5.72. The molecule has 7 nitrogen and oxygen atoms in total. The topological polar surface area (TPSA) is 64.2 Å². The zero-order chi connectivity index (χ0) is 31.9. The SMILES string of the molecule is CC(=O)N1CCC(C(=O)N2CC(c3ccc(F)cc3)C(N(C)C(=O)N(C)c3cc(C(F)(F)F)cc(C(F)(F)F)c3)C2)CC1. The summed E-state index contributed by atoms with van der Waals surface area (Å²) >= 11 is 0. The molecule has 0 bridgehead atoms. The normalized spacial score (nSPS) is 19.9. The van der Waals surface area contributed by atoms with Gasteiger partial charge in [0.2, 0.25) is 11.8 Å². The lowest BCUT2D eigenvalue weighted by Gasteiger charge is -2.33. The van der Waals surface area contributed by atoms with Crippen molar-refractivity contribution in [2.75, 3.05) is 45.2 Å². The molecule has 4 rings (SSSR count). The van der Waals surface area contributed by atoms with E-state index >= 15 is 0 Å². The van der Waals surface area contributed by atoms with E-state index in [1.54, 1.807) is 9.80 Å². The van der Waals surface area contributed by atoms with E-state index in [4.69, 9.17) is 0 Å². The van der Waals surface area contributed by atoms with Gasteiger partial charge in [0.15, 0.2) is 0 Å². The van der Waals surface area contributed by atoms with Gasteiger partial charge in [-0.3, -0.25) is 14.5 Å². The van der Waals surface area contributed by atoms with Crippen LogP contribution in [0.4, 0.5) is 41.2 Å². The fraction of sp³-hybridized carbons (Fsp3) is 0.483. The summed E-state index contributed by atoms with van der Waals surface area (Å²) in [4.78, 5) is 43.8. The third-order valence-corrected chi connectivity index (χ3v) is 8.23. The summed E-state index contributed by atoms with van der Waals surface area (Å²) in [5, 5.41) is 0. The maximum Gasteiger partial charge on any atom is 0.416 e. The van der Waals surface area contributed by atoms with E-state index in [0.29, 0.717) is 48.5 Å². The van der Waals surface area contributed by atoms with Crippen LogP contribution in [0.15, 0.2) is 42.5 Å². The van der Waals surface area contributed by atoms with Crippen molar-refractivity contribution in [3.8, 4) is 0 Å². The van der Waals surface area contributed by atoms with E-state index < -0.39 is 53.0 Å². The van der Waals surface area contributed by atoms with Crippen LogP contribution in [0.25, 0.3) is 0 Å². The number of carbonyl (C=O) groups excluding carboxylic acids is 3. The van der Waals surface area contributed by atoms with Crippen molar-refractivity contribution in [1.82, 2.24) is 14.7 Å². The second-order valence-corrected chi connectivity index (χ2v) is 11.0. The van der Waals surface area contributed by atoms with Gasteiger partial charge in [-0.05, 0) is 48.7 Å². The van der Waals surface area contributed by atoms with E-state index in [1.165, 1.54) is 43.1 Å². The molecule has 2 unspecified atom stereocenters. The van der Waals surface area contributed by atoms with Crippen LogP contribution in [-0.2, 0) is 21.9 Å². The summed E-state index contributed by atoms with van der Waals surface area (Å²) in [7, 11) is 2.43. The number of alkyl halides is 6. The predicted octanol–water partition coefficient (Wildman–Crippen LogP) is 5.60.